The minimum atomic E-state index is 0.00330. The van der Waals surface area contributed by atoms with E-state index in [1.807, 2.05) is 30.3 Å². The average molecular weight is 410 g/mol. The van der Waals surface area contributed by atoms with Gasteiger partial charge in [0.25, 0.3) is 5.22 Å². The molecule has 152 valence electrons. The molecule has 1 aliphatic rings. The third-order valence-corrected chi connectivity index (χ3v) is 6.37. The van der Waals surface area contributed by atoms with Gasteiger partial charge in [0.15, 0.2) is 5.58 Å². The molecule has 1 aromatic heterocycles. The molecule has 1 unspecified atom stereocenters. The van der Waals surface area contributed by atoms with Crippen LogP contribution >= 0.6 is 11.8 Å². The first-order valence-corrected chi connectivity index (χ1v) is 11.2. The lowest BCUT2D eigenvalue weighted by Crippen LogP contribution is -2.42. The summed E-state index contributed by atoms with van der Waals surface area (Å²) in [6.07, 6.45) is 2.43. The van der Waals surface area contributed by atoms with Crippen LogP contribution in [0, 0.1) is 5.92 Å². The topological polar surface area (TPSA) is 58.4 Å². The number of hydrogen-bond acceptors (Lipinski definition) is 5. The maximum absolute atomic E-state index is 12.5. The number of hydrogen-bond donors (Lipinski definition) is 1. The number of fused-ring (bicyclic) bond motifs is 1. The number of thioether (sulfide) groups is 1. The van der Waals surface area contributed by atoms with Crippen LogP contribution in [0.5, 0.6) is 0 Å². The van der Waals surface area contributed by atoms with Crippen molar-refractivity contribution >= 4 is 28.8 Å². The summed E-state index contributed by atoms with van der Waals surface area (Å²) in [5.74, 6) is 1.08. The number of para-hydroxylation sites is 2. The number of carbonyl (C=O) groups is 1. The van der Waals surface area contributed by atoms with Gasteiger partial charge < -0.3 is 9.73 Å². The fourth-order valence-electron chi connectivity index (χ4n) is 3.77. The number of nitrogens with zero attached hydrogens (tertiary/aromatic N) is 2. The Balaban J connectivity index is 1.34. The van der Waals surface area contributed by atoms with E-state index in [0.29, 0.717) is 17.5 Å². The van der Waals surface area contributed by atoms with Gasteiger partial charge in [-0.05, 0) is 49.5 Å². The second kappa shape index (κ2) is 9.46. The summed E-state index contributed by atoms with van der Waals surface area (Å²) in [5.41, 5.74) is 2.83. The maximum atomic E-state index is 12.5. The molecule has 1 fully saturated rings. The van der Waals surface area contributed by atoms with Crippen LogP contribution in [0.2, 0.25) is 0 Å². The van der Waals surface area contributed by atoms with Gasteiger partial charge in [-0.1, -0.05) is 61.2 Å². The van der Waals surface area contributed by atoms with Gasteiger partial charge in [-0.15, -0.1) is 0 Å². The zero-order valence-electron chi connectivity index (χ0n) is 16.7. The zero-order valence-corrected chi connectivity index (χ0v) is 17.5. The largest absolute Gasteiger partial charge is 0.431 e. The van der Waals surface area contributed by atoms with E-state index in [9.17, 15) is 4.79 Å². The van der Waals surface area contributed by atoms with Crippen molar-refractivity contribution < 1.29 is 9.21 Å². The van der Waals surface area contributed by atoms with Gasteiger partial charge in [-0.2, -0.15) is 0 Å². The maximum Gasteiger partial charge on any atom is 0.257 e. The number of carbonyl (C=O) groups excluding carboxylic acids is 1. The molecule has 2 aromatic carbocycles. The van der Waals surface area contributed by atoms with E-state index in [2.05, 4.69) is 46.4 Å². The molecule has 29 heavy (non-hydrogen) atoms. The first-order valence-electron chi connectivity index (χ1n) is 10.2. The SMILES string of the molecule is CC1CCN(C(CNC(=O)CSc2nc3ccccc3o2)c2ccccc2)CC1. The lowest BCUT2D eigenvalue weighted by molar-refractivity contribution is -0.118. The molecule has 5 nitrogen and oxygen atoms in total. The molecule has 1 aliphatic heterocycles. The minimum Gasteiger partial charge on any atom is -0.431 e. The van der Waals surface area contributed by atoms with Crippen molar-refractivity contribution in [3.05, 3.63) is 60.2 Å². The summed E-state index contributed by atoms with van der Waals surface area (Å²) < 4.78 is 5.68. The second-order valence-electron chi connectivity index (χ2n) is 7.69. The van der Waals surface area contributed by atoms with E-state index in [1.54, 1.807) is 0 Å². The molecule has 0 radical (unpaired) electrons. The lowest BCUT2D eigenvalue weighted by Gasteiger charge is -2.37. The highest BCUT2D eigenvalue weighted by atomic mass is 32.2. The fraction of sp³-hybridized carbons (Fsp3) is 0.391. The van der Waals surface area contributed by atoms with Crippen molar-refractivity contribution in [1.82, 2.24) is 15.2 Å². The summed E-state index contributed by atoms with van der Waals surface area (Å²) in [7, 11) is 0. The number of benzene rings is 2. The molecule has 4 rings (SSSR count). The average Bonchev–Trinajstić information content (AvgIpc) is 3.17. The summed E-state index contributed by atoms with van der Waals surface area (Å²) in [5, 5.41) is 3.66. The molecular weight excluding hydrogens is 382 g/mol. The van der Waals surface area contributed by atoms with Crippen LogP contribution in [-0.2, 0) is 4.79 Å². The Labute approximate surface area is 175 Å². The third-order valence-electron chi connectivity index (χ3n) is 5.54. The van der Waals surface area contributed by atoms with Gasteiger partial charge in [-0.25, -0.2) is 4.98 Å². The molecule has 1 atom stereocenters. The Morgan fingerprint density at radius 1 is 1.17 bits per heavy atom. The van der Waals surface area contributed by atoms with Crippen molar-refractivity contribution in [1.29, 1.82) is 0 Å². The minimum absolute atomic E-state index is 0.00330. The van der Waals surface area contributed by atoms with E-state index >= 15 is 0 Å². The summed E-state index contributed by atoms with van der Waals surface area (Å²) >= 11 is 1.33. The van der Waals surface area contributed by atoms with Crippen LogP contribution in [-0.4, -0.2) is 41.2 Å². The Morgan fingerprint density at radius 3 is 2.66 bits per heavy atom. The van der Waals surface area contributed by atoms with Crippen molar-refractivity contribution in [3.8, 4) is 0 Å². The van der Waals surface area contributed by atoms with Gasteiger partial charge in [0.2, 0.25) is 5.91 Å². The molecule has 2 heterocycles. The van der Waals surface area contributed by atoms with Crippen LogP contribution in [0.3, 0.4) is 0 Å². The number of nitrogens with one attached hydrogen (secondary N) is 1. The van der Waals surface area contributed by atoms with Crippen LogP contribution < -0.4 is 5.32 Å². The number of rotatable bonds is 7. The first kappa shape index (κ1) is 20.0. The number of piperidine rings is 1. The number of likely N-dealkylation sites (tertiary alicyclic amines) is 1. The highest BCUT2D eigenvalue weighted by Gasteiger charge is 2.25. The molecule has 0 bridgehead atoms. The van der Waals surface area contributed by atoms with E-state index in [-0.39, 0.29) is 11.9 Å². The summed E-state index contributed by atoms with van der Waals surface area (Å²) in [6.45, 7) is 5.09. The normalized spacial score (nSPS) is 16.7. The predicted molar refractivity (Wildman–Crippen MR) is 117 cm³/mol. The Hall–Kier alpha value is -2.31. The first-order chi connectivity index (χ1) is 14.2. The number of aromatic nitrogens is 1. The van der Waals surface area contributed by atoms with Crippen molar-refractivity contribution in [3.63, 3.8) is 0 Å². The van der Waals surface area contributed by atoms with Gasteiger partial charge in [0.05, 0.1) is 11.8 Å². The van der Waals surface area contributed by atoms with Crippen LogP contribution in [0.15, 0.2) is 64.2 Å². The van der Waals surface area contributed by atoms with Crippen LogP contribution in [0.1, 0.15) is 31.4 Å². The molecule has 1 N–H and O–H groups in total. The Morgan fingerprint density at radius 2 is 1.90 bits per heavy atom. The van der Waals surface area contributed by atoms with Crippen LogP contribution in [0.4, 0.5) is 0 Å². The number of oxazole rings is 1. The predicted octanol–water partition coefficient (Wildman–Crippen LogP) is 4.51. The highest BCUT2D eigenvalue weighted by Crippen LogP contribution is 2.27. The summed E-state index contributed by atoms with van der Waals surface area (Å²) in [4.78, 5) is 19.4. The Bertz CT molecular complexity index is 902. The monoisotopic (exact) mass is 409 g/mol. The molecule has 6 heteroatoms. The number of amides is 1. The quantitative estimate of drug-likeness (QED) is 0.582. The van der Waals surface area contributed by atoms with Gasteiger partial charge in [0.1, 0.15) is 5.52 Å². The van der Waals surface area contributed by atoms with Crippen LogP contribution in [0.25, 0.3) is 11.1 Å². The second-order valence-corrected chi connectivity index (χ2v) is 8.61. The molecule has 3 aromatic rings. The highest BCUT2D eigenvalue weighted by molar-refractivity contribution is 7.99. The molecule has 1 amide bonds. The van der Waals surface area contributed by atoms with Crippen molar-refractivity contribution in [2.45, 2.75) is 31.0 Å². The fourth-order valence-corrected chi connectivity index (χ4v) is 4.44. The van der Waals surface area contributed by atoms with E-state index < -0.39 is 0 Å². The van der Waals surface area contributed by atoms with Gasteiger partial charge in [-0.3, -0.25) is 9.69 Å². The molecule has 0 aliphatic carbocycles. The zero-order chi connectivity index (χ0) is 20.1. The standard InChI is InChI=1S/C23H27N3O2S/c1-17-11-13-26(14-12-17)20(18-7-3-2-4-8-18)15-24-22(27)16-29-23-25-19-9-5-6-10-21(19)28-23/h2-10,17,20H,11-16H2,1H3,(H,24,27). The lowest BCUT2D eigenvalue weighted by atomic mass is 9.95. The van der Waals surface area contributed by atoms with Gasteiger partial charge >= 0.3 is 0 Å². The van der Waals surface area contributed by atoms with E-state index in [4.69, 9.17) is 4.42 Å². The van der Waals surface area contributed by atoms with Crippen molar-refractivity contribution in [2.75, 3.05) is 25.4 Å². The van der Waals surface area contributed by atoms with E-state index in [1.165, 1.54) is 30.2 Å². The third kappa shape index (κ3) is 5.19. The smallest absolute Gasteiger partial charge is 0.257 e. The molecule has 1 saturated heterocycles. The molecule has 0 saturated carbocycles. The van der Waals surface area contributed by atoms with Gasteiger partial charge in [0, 0.05) is 6.54 Å². The summed E-state index contributed by atoms with van der Waals surface area (Å²) in [6, 6.07) is 18.3. The Kier molecular flexibility index (Phi) is 6.52. The van der Waals surface area contributed by atoms with Crippen molar-refractivity contribution in [2.24, 2.45) is 5.92 Å². The molecule has 0 spiro atoms. The molecular formula is C23H27N3O2S. The van der Waals surface area contributed by atoms with E-state index in [0.717, 1.165) is 30.1 Å².